The molecule has 1 unspecified atom stereocenters. The van der Waals surface area contributed by atoms with Crippen molar-refractivity contribution in [3.05, 3.63) is 35.0 Å². The van der Waals surface area contributed by atoms with Gasteiger partial charge in [-0.05, 0) is 25.5 Å². The van der Waals surface area contributed by atoms with Gasteiger partial charge < -0.3 is 5.11 Å². The maximum absolute atomic E-state index is 13.2. The van der Waals surface area contributed by atoms with Gasteiger partial charge in [0.05, 0.1) is 12.6 Å². The van der Waals surface area contributed by atoms with Crippen LogP contribution < -0.4 is 0 Å². The molecule has 2 heterocycles. The smallest absolute Gasteiger partial charge is 0.293 e. The van der Waals surface area contributed by atoms with Gasteiger partial charge in [-0.2, -0.15) is 0 Å². The number of hydrogen-bond acceptors (Lipinski definition) is 5. The molecule has 0 aliphatic carbocycles. The normalized spacial score (nSPS) is 18.2. The number of benzene rings is 1. The van der Waals surface area contributed by atoms with E-state index in [4.69, 9.17) is 4.84 Å². The van der Waals surface area contributed by atoms with Crippen molar-refractivity contribution in [2.24, 2.45) is 0 Å². The number of halogens is 1. The summed E-state index contributed by atoms with van der Waals surface area (Å²) in [7, 11) is 0. The molecule has 0 radical (unpaired) electrons. The van der Waals surface area contributed by atoms with Crippen molar-refractivity contribution < 1.29 is 19.1 Å². The Morgan fingerprint density at radius 3 is 3.05 bits per heavy atom. The number of hydroxylamine groups is 2. The lowest BCUT2D eigenvalue weighted by Crippen LogP contribution is -2.26. The van der Waals surface area contributed by atoms with Crippen LogP contribution in [0.15, 0.2) is 24.3 Å². The second-order valence-electron chi connectivity index (χ2n) is 4.79. The Labute approximate surface area is 124 Å². The third-order valence-electron chi connectivity index (χ3n) is 3.15. The van der Waals surface area contributed by atoms with Gasteiger partial charge in [-0.1, -0.05) is 12.1 Å². The number of hydrogen-bond donors (Lipinski definition) is 1. The van der Waals surface area contributed by atoms with E-state index in [2.05, 4.69) is 4.98 Å². The number of carbonyl (C=O) groups is 1. The van der Waals surface area contributed by atoms with Gasteiger partial charge in [0.15, 0.2) is 4.88 Å². The predicted molar refractivity (Wildman–Crippen MR) is 75.4 cm³/mol. The molecular weight excluding hydrogens is 295 g/mol. The lowest BCUT2D eigenvalue weighted by atomic mass is 10.2. The van der Waals surface area contributed by atoms with Gasteiger partial charge in [-0.3, -0.25) is 9.63 Å². The summed E-state index contributed by atoms with van der Waals surface area (Å²) < 4.78 is 13.2. The third kappa shape index (κ3) is 2.74. The van der Waals surface area contributed by atoms with E-state index in [1.165, 1.54) is 17.2 Å². The highest BCUT2D eigenvalue weighted by atomic mass is 32.1. The molecule has 1 aliphatic rings. The van der Waals surface area contributed by atoms with Crippen molar-refractivity contribution in [3.8, 4) is 16.5 Å². The largest absolute Gasteiger partial charge is 0.492 e. The van der Waals surface area contributed by atoms with Gasteiger partial charge in [-0.15, -0.1) is 11.3 Å². The number of aromatic hydroxyl groups is 1. The molecule has 1 saturated heterocycles. The quantitative estimate of drug-likeness (QED) is 0.926. The molecule has 1 atom stereocenters. The second kappa shape index (κ2) is 5.42. The van der Waals surface area contributed by atoms with E-state index in [-0.39, 0.29) is 16.9 Å². The van der Waals surface area contributed by atoms with Crippen LogP contribution in [0.25, 0.3) is 10.6 Å². The Hall–Kier alpha value is -1.99. The van der Waals surface area contributed by atoms with Crippen molar-refractivity contribution >= 4 is 17.2 Å². The van der Waals surface area contributed by atoms with Crippen LogP contribution in [-0.4, -0.2) is 33.7 Å². The number of carbonyl (C=O) groups excluding carboxylic acids is 1. The minimum atomic E-state index is -0.419. The number of amides is 1. The van der Waals surface area contributed by atoms with E-state index < -0.39 is 11.7 Å². The average Bonchev–Trinajstić information content (AvgIpc) is 3.04. The predicted octanol–water partition coefficient (Wildman–Crippen LogP) is 2.82. The SMILES string of the molecule is CC1CCN(C(=O)c2sc(-c3cccc(F)c3)nc2O)O1. The lowest BCUT2D eigenvalue weighted by Gasteiger charge is -2.13. The summed E-state index contributed by atoms with van der Waals surface area (Å²) >= 11 is 1.02. The van der Waals surface area contributed by atoms with Crippen LogP contribution in [0.2, 0.25) is 0 Å². The molecule has 2 aromatic rings. The minimum absolute atomic E-state index is 0.0216. The van der Waals surface area contributed by atoms with Crippen molar-refractivity contribution in [1.82, 2.24) is 10.0 Å². The molecule has 0 spiro atoms. The molecule has 1 aromatic heterocycles. The number of nitrogens with zero attached hydrogens (tertiary/aromatic N) is 2. The molecule has 21 heavy (non-hydrogen) atoms. The first kappa shape index (κ1) is 14.0. The fraction of sp³-hybridized carbons (Fsp3) is 0.286. The summed E-state index contributed by atoms with van der Waals surface area (Å²) in [5.74, 6) is -1.17. The van der Waals surface area contributed by atoms with E-state index in [1.54, 1.807) is 12.1 Å². The molecule has 3 rings (SSSR count). The maximum Gasteiger partial charge on any atom is 0.293 e. The molecular formula is C14H13FN2O3S. The van der Waals surface area contributed by atoms with Gasteiger partial charge >= 0.3 is 0 Å². The fourth-order valence-corrected chi connectivity index (χ4v) is 2.98. The molecule has 5 nitrogen and oxygen atoms in total. The summed E-state index contributed by atoms with van der Waals surface area (Å²) in [5.41, 5.74) is 0.519. The Morgan fingerprint density at radius 2 is 2.38 bits per heavy atom. The highest BCUT2D eigenvalue weighted by molar-refractivity contribution is 7.17. The summed E-state index contributed by atoms with van der Waals surface area (Å²) in [5, 5.41) is 11.5. The van der Waals surface area contributed by atoms with Crippen LogP contribution >= 0.6 is 11.3 Å². The van der Waals surface area contributed by atoms with Gasteiger partial charge in [0, 0.05) is 5.56 Å². The first-order valence-electron chi connectivity index (χ1n) is 6.49. The monoisotopic (exact) mass is 308 g/mol. The molecule has 1 aliphatic heterocycles. The fourth-order valence-electron chi connectivity index (χ4n) is 2.08. The van der Waals surface area contributed by atoms with Crippen LogP contribution in [0.1, 0.15) is 23.0 Å². The zero-order valence-electron chi connectivity index (χ0n) is 11.2. The summed E-state index contributed by atoms with van der Waals surface area (Å²) in [4.78, 5) is 21.7. The summed E-state index contributed by atoms with van der Waals surface area (Å²) in [6.45, 7) is 2.35. The van der Waals surface area contributed by atoms with E-state index in [0.717, 1.165) is 17.8 Å². The average molecular weight is 308 g/mol. The highest BCUT2D eigenvalue weighted by Gasteiger charge is 2.29. The van der Waals surface area contributed by atoms with E-state index in [0.29, 0.717) is 17.1 Å². The van der Waals surface area contributed by atoms with Gasteiger partial charge in [0.2, 0.25) is 5.88 Å². The van der Waals surface area contributed by atoms with Crippen LogP contribution in [0.5, 0.6) is 5.88 Å². The molecule has 110 valence electrons. The Morgan fingerprint density at radius 1 is 1.57 bits per heavy atom. The maximum atomic E-state index is 13.2. The molecule has 1 aromatic carbocycles. The molecule has 0 saturated carbocycles. The lowest BCUT2D eigenvalue weighted by molar-refractivity contribution is -0.106. The zero-order valence-corrected chi connectivity index (χ0v) is 12.1. The Bertz CT molecular complexity index is 689. The highest BCUT2D eigenvalue weighted by Crippen LogP contribution is 2.33. The zero-order chi connectivity index (χ0) is 15.0. The molecule has 0 bridgehead atoms. The van der Waals surface area contributed by atoms with Crippen LogP contribution in [0, 0.1) is 5.82 Å². The molecule has 1 fully saturated rings. The van der Waals surface area contributed by atoms with Crippen molar-refractivity contribution in [2.45, 2.75) is 19.4 Å². The minimum Gasteiger partial charge on any atom is -0.492 e. The second-order valence-corrected chi connectivity index (χ2v) is 5.79. The first-order chi connectivity index (χ1) is 10.0. The topological polar surface area (TPSA) is 62.7 Å². The third-order valence-corrected chi connectivity index (χ3v) is 4.23. The van der Waals surface area contributed by atoms with Crippen molar-refractivity contribution in [1.29, 1.82) is 0 Å². The standard InChI is InChI=1S/C14H13FN2O3S/c1-8-5-6-17(20-8)14(19)11-12(18)16-13(21-11)9-3-2-4-10(15)7-9/h2-4,7-8,18H,5-6H2,1H3. The van der Waals surface area contributed by atoms with E-state index in [1.807, 2.05) is 6.92 Å². The van der Waals surface area contributed by atoms with Crippen LogP contribution in [0.4, 0.5) is 4.39 Å². The molecule has 1 N–H and O–H groups in total. The van der Waals surface area contributed by atoms with Gasteiger partial charge in [-0.25, -0.2) is 14.4 Å². The Balaban J connectivity index is 1.89. The molecule has 1 amide bonds. The van der Waals surface area contributed by atoms with Crippen LogP contribution in [-0.2, 0) is 4.84 Å². The van der Waals surface area contributed by atoms with E-state index in [9.17, 15) is 14.3 Å². The van der Waals surface area contributed by atoms with Crippen LogP contribution in [0.3, 0.4) is 0 Å². The number of thiazole rings is 1. The summed E-state index contributed by atoms with van der Waals surface area (Å²) in [6, 6.07) is 5.85. The first-order valence-corrected chi connectivity index (χ1v) is 7.30. The van der Waals surface area contributed by atoms with Gasteiger partial charge in [0.25, 0.3) is 5.91 Å². The number of aromatic nitrogens is 1. The molecule has 7 heteroatoms. The van der Waals surface area contributed by atoms with Gasteiger partial charge in [0.1, 0.15) is 10.8 Å². The Kier molecular flexibility index (Phi) is 3.60. The number of rotatable bonds is 2. The van der Waals surface area contributed by atoms with E-state index >= 15 is 0 Å². The summed E-state index contributed by atoms with van der Waals surface area (Å²) in [6.07, 6.45) is 0.730. The van der Waals surface area contributed by atoms with Crippen molar-refractivity contribution in [2.75, 3.05) is 6.54 Å². The van der Waals surface area contributed by atoms with Crippen molar-refractivity contribution in [3.63, 3.8) is 0 Å².